The number of nitriles is 2. The van der Waals surface area contributed by atoms with Gasteiger partial charge in [-0.1, -0.05) is 59.6 Å². The van der Waals surface area contributed by atoms with Gasteiger partial charge in [-0.3, -0.25) is 0 Å². The van der Waals surface area contributed by atoms with Crippen LogP contribution in [0.2, 0.25) is 10.0 Å². The predicted molar refractivity (Wildman–Crippen MR) is 84.2 cm³/mol. The summed E-state index contributed by atoms with van der Waals surface area (Å²) in [5.74, 6) is -0.639. The predicted octanol–water partition coefficient (Wildman–Crippen LogP) is 5.30. The molecule has 2 rings (SSSR count). The van der Waals surface area contributed by atoms with Gasteiger partial charge in [0.05, 0.1) is 28.1 Å². The summed E-state index contributed by atoms with van der Waals surface area (Å²) < 4.78 is 0. The van der Waals surface area contributed by atoms with Crippen LogP contribution in [0.25, 0.3) is 0 Å². The molecule has 2 aromatic carbocycles. The first-order valence-corrected chi connectivity index (χ1v) is 7.19. The Morgan fingerprint density at radius 1 is 0.905 bits per heavy atom. The fourth-order valence-corrected chi connectivity index (χ4v) is 2.63. The Hall–Kier alpha value is -2.00. The second kappa shape index (κ2) is 7.14. The summed E-state index contributed by atoms with van der Waals surface area (Å²) >= 11 is 12.0. The minimum absolute atomic E-state index is 0.239. The highest BCUT2D eigenvalue weighted by Crippen LogP contribution is 2.37. The van der Waals surface area contributed by atoms with E-state index in [0.717, 1.165) is 11.1 Å². The highest BCUT2D eigenvalue weighted by atomic mass is 35.5. The van der Waals surface area contributed by atoms with E-state index >= 15 is 0 Å². The van der Waals surface area contributed by atoms with Crippen molar-refractivity contribution in [1.82, 2.24) is 0 Å². The highest BCUT2D eigenvalue weighted by Gasteiger charge is 2.25. The van der Waals surface area contributed by atoms with Gasteiger partial charge in [0.15, 0.2) is 0 Å². The van der Waals surface area contributed by atoms with Crippen LogP contribution in [0.15, 0.2) is 48.5 Å². The number of rotatable bonds is 4. The smallest absolute Gasteiger partial charge is 0.0791 e. The lowest BCUT2D eigenvalue weighted by Gasteiger charge is -2.21. The van der Waals surface area contributed by atoms with Crippen LogP contribution in [-0.2, 0) is 0 Å². The van der Waals surface area contributed by atoms with Crippen LogP contribution < -0.4 is 0 Å². The van der Waals surface area contributed by atoms with Crippen LogP contribution in [0.1, 0.15) is 29.4 Å². The van der Waals surface area contributed by atoms with E-state index in [9.17, 15) is 5.26 Å². The summed E-state index contributed by atoms with van der Waals surface area (Å²) in [6.45, 7) is 0. The molecular formula is C17H12Cl2N2. The van der Waals surface area contributed by atoms with E-state index in [2.05, 4.69) is 12.1 Å². The molecule has 0 bridgehead atoms. The Balaban J connectivity index is 2.44. The molecule has 2 aromatic rings. The summed E-state index contributed by atoms with van der Waals surface area (Å²) in [5, 5.41) is 19.5. The number of hydrogen-bond acceptors (Lipinski definition) is 2. The van der Waals surface area contributed by atoms with Gasteiger partial charge in [0.2, 0.25) is 0 Å². The highest BCUT2D eigenvalue weighted by molar-refractivity contribution is 6.42. The third-order valence-corrected chi connectivity index (χ3v) is 4.12. The molecule has 0 saturated carbocycles. The molecule has 0 saturated heterocycles. The van der Waals surface area contributed by atoms with Gasteiger partial charge in [-0.05, 0) is 23.3 Å². The van der Waals surface area contributed by atoms with E-state index in [0.29, 0.717) is 10.0 Å². The normalized spacial score (nSPS) is 13.0. The van der Waals surface area contributed by atoms with E-state index in [4.69, 9.17) is 28.5 Å². The Kier molecular flexibility index (Phi) is 5.23. The summed E-state index contributed by atoms with van der Waals surface area (Å²) in [6, 6.07) is 19.2. The second-order valence-corrected chi connectivity index (χ2v) is 5.47. The zero-order chi connectivity index (χ0) is 15.2. The van der Waals surface area contributed by atoms with E-state index in [1.165, 1.54) is 0 Å². The molecule has 0 N–H and O–H groups in total. The van der Waals surface area contributed by atoms with Crippen molar-refractivity contribution in [3.63, 3.8) is 0 Å². The summed E-state index contributed by atoms with van der Waals surface area (Å²) in [7, 11) is 0. The van der Waals surface area contributed by atoms with Gasteiger partial charge in [-0.15, -0.1) is 0 Å². The van der Waals surface area contributed by atoms with E-state index in [-0.39, 0.29) is 12.3 Å². The van der Waals surface area contributed by atoms with Crippen LogP contribution in [-0.4, -0.2) is 0 Å². The molecule has 0 spiro atoms. The third-order valence-electron chi connectivity index (χ3n) is 3.38. The van der Waals surface area contributed by atoms with Crippen molar-refractivity contribution in [2.75, 3.05) is 0 Å². The minimum atomic E-state index is -0.400. The van der Waals surface area contributed by atoms with Gasteiger partial charge in [0.25, 0.3) is 0 Å². The average Bonchev–Trinajstić information content (AvgIpc) is 2.51. The zero-order valence-corrected chi connectivity index (χ0v) is 12.6. The molecule has 21 heavy (non-hydrogen) atoms. The Labute approximate surface area is 134 Å². The number of benzene rings is 2. The quantitative estimate of drug-likeness (QED) is 0.769. The lowest BCUT2D eigenvalue weighted by molar-refractivity contribution is 0.641. The molecule has 0 amide bonds. The third kappa shape index (κ3) is 3.56. The van der Waals surface area contributed by atoms with Crippen molar-refractivity contribution in [3.8, 4) is 12.1 Å². The van der Waals surface area contributed by atoms with Gasteiger partial charge in [0, 0.05) is 12.3 Å². The number of halogens is 2. The molecule has 0 heterocycles. The first-order valence-electron chi connectivity index (χ1n) is 6.44. The number of hydrogen-bond donors (Lipinski definition) is 0. The van der Waals surface area contributed by atoms with Crippen molar-refractivity contribution < 1.29 is 0 Å². The summed E-state index contributed by atoms with van der Waals surface area (Å²) in [5.41, 5.74) is 1.74. The molecular weight excluding hydrogens is 303 g/mol. The molecule has 0 aliphatic rings. The van der Waals surface area contributed by atoms with Gasteiger partial charge >= 0.3 is 0 Å². The molecule has 0 fully saturated rings. The zero-order valence-electron chi connectivity index (χ0n) is 11.1. The number of nitrogens with zero attached hydrogens (tertiary/aromatic N) is 2. The molecule has 0 radical (unpaired) electrons. The van der Waals surface area contributed by atoms with Crippen LogP contribution >= 0.6 is 23.2 Å². The van der Waals surface area contributed by atoms with Crippen molar-refractivity contribution in [2.45, 2.75) is 18.3 Å². The van der Waals surface area contributed by atoms with Crippen LogP contribution in [0, 0.1) is 22.7 Å². The summed E-state index contributed by atoms with van der Waals surface area (Å²) in [6.07, 6.45) is 0.241. The van der Waals surface area contributed by atoms with Crippen LogP contribution in [0.5, 0.6) is 0 Å². The van der Waals surface area contributed by atoms with Gasteiger partial charge in [-0.25, -0.2) is 0 Å². The minimum Gasteiger partial charge on any atom is -0.198 e. The summed E-state index contributed by atoms with van der Waals surface area (Å²) in [4.78, 5) is 0. The molecule has 0 aliphatic heterocycles. The molecule has 104 valence electrons. The molecule has 0 aromatic heterocycles. The van der Waals surface area contributed by atoms with Crippen molar-refractivity contribution >= 4 is 23.2 Å². The fraction of sp³-hybridized carbons (Fsp3) is 0.176. The topological polar surface area (TPSA) is 47.6 Å². The van der Waals surface area contributed by atoms with E-state index in [1.807, 2.05) is 36.4 Å². The Bertz CT molecular complexity index is 699. The maximum atomic E-state index is 9.54. The molecule has 2 nitrogen and oxygen atoms in total. The fourth-order valence-electron chi connectivity index (χ4n) is 2.33. The monoisotopic (exact) mass is 314 g/mol. The maximum absolute atomic E-state index is 9.54. The van der Waals surface area contributed by atoms with E-state index in [1.54, 1.807) is 12.1 Å². The molecule has 2 atom stereocenters. The van der Waals surface area contributed by atoms with Crippen LogP contribution in [0.3, 0.4) is 0 Å². The molecule has 4 heteroatoms. The lowest BCUT2D eigenvalue weighted by Crippen LogP contribution is -2.09. The van der Waals surface area contributed by atoms with E-state index < -0.39 is 5.92 Å². The van der Waals surface area contributed by atoms with Gasteiger partial charge in [-0.2, -0.15) is 10.5 Å². The molecule has 0 aliphatic carbocycles. The average molecular weight is 315 g/mol. The van der Waals surface area contributed by atoms with Crippen LogP contribution in [0.4, 0.5) is 0 Å². The SMILES string of the molecule is N#CC[C@@H](c1ccc(Cl)c(Cl)c1)[C@H](C#N)c1ccccc1. The Morgan fingerprint density at radius 2 is 1.62 bits per heavy atom. The largest absolute Gasteiger partial charge is 0.198 e. The molecule has 0 unspecified atom stereocenters. The van der Waals surface area contributed by atoms with Gasteiger partial charge in [0.1, 0.15) is 0 Å². The van der Waals surface area contributed by atoms with Crippen molar-refractivity contribution in [3.05, 3.63) is 69.7 Å². The maximum Gasteiger partial charge on any atom is 0.0791 e. The Morgan fingerprint density at radius 3 is 2.19 bits per heavy atom. The van der Waals surface area contributed by atoms with Crippen molar-refractivity contribution in [1.29, 1.82) is 10.5 Å². The van der Waals surface area contributed by atoms with Gasteiger partial charge < -0.3 is 0 Å². The second-order valence-electron chi connectivity index (χ2n) is 4.66. The lowest BCUT2D eigenvalue weighted by atomic mass is 9.80. The van der Waals surface area contributed by atoms with Crippen molar-refractivity contribution in [2.24, 2.45) is 0 Å². The first kappa shape index (κ1) is 15.4. The standard InChI is InChI=1S/C17H12Cl2N2/c18-16-7-6-13(10-17(16)19)14(8-9-20)15(11-21)12-4-2-1-3-5-12/h1-7,10,14-15H,8H2/t14-,15+/m0/s1. The first-order chi connectivity index (χ1) is 10.2.